The normalized spacial score (nSPS) is 14.2. The molecule has 0 spiro atoms. The summed E-state index contributed by atoms with van der Waals surface area (Å²) < 4.78 is 11.0. The van der Waals surface area contributed by atoms with E-state index in [1.807, 2.05) is 24.3 Å². The van der Waals surface area contributed by atoms with E-state index < -0.39 is 6.10 Å². The minimum Gasteiger partial charge on any atom is -0.484 e. The first-order valence-electron chi connectivity index (χ1n) is 9.83. The molecule has 6 heteroatoms. The molecule has 6 nitrogen and oxygen atoms in total. The van der Waals surface area contributed by atoms with Crippen LogP contribution in [0.1, 0.15) is 35.6 Å². The maximum Gasteiger partial charge on any atom is 0.339 e. The van der Waals surface area contributed by atoms with E-state index in [0.29, 0.717) is 11.3 Å². The minimum atomic E-state index is -0.777. The molecule has 1 aliphatic carbocycles. The predicted octanol–water partition coefficient (Wildman–Crippen LogP) is 2.90. The second-order valence-electron chi connectivity index (χ2n) is 7.23. The summed E-state index contributed by atoms with van der Waals surface area (Å²) in [4.78, 5) is 24.3. The van der Waals surface area contributed by atoms with E-state index >= 15 is 0 Å². The number of nitrogens with one attached hydrogen (secondary N) is 1. The third-order valence-corrected chi connectivity index (χ3v) is 5.24. The molecular weight excluding hydrogens is 370 g/mol. The monoisotopic (exact) mass is 393 g/mol. The lowest BCUT2D eigenvalue weighted by Crippen LogP contribution is -2.32. The molecule has 4 rings (SSSR count). The Hall–Kier alpha value is -3.12. The maximum absolute atomic E-state index is 12.2. The number of aryl methyl sites for hydroxylation is 1. The van der Waals surface area contributed by atoms with Crippen LogP contribution >= 0.6 is 0 Å². The van der Waals surface area contributed by atoms with Crippen molar-refractivity contribution in [2.45, 2.75) is 31.8 Å². The van der Waals surface area contributed by atoms with Gasteiger partial charge in [0.15, 0.2) is 6.61 Å². The predicted molar refractivity (Wildman–Crippen MR) is 109 cm³/mol. The molecule has 0 fully saturated rings. The third kappa shape index (κ3) is 4.32. The maximum atomic E-state index is 12.2. The molecule has 1 aliphatic rings. The minimum absolute atomic E-state index is 0.102. The molecule has 3 aromatic rings. The average molecular weight is 393 g/mol. The molecule has 1 amide bonds. The Bertz CT molecular complexity index is 1070. The van der Waals surface area contributed by atoms with Crippen LogP contribution in [-0.4, -0.2) is 24.2 Å². The van der Waals surface area contributed by atoms with Gasteiger partial charge in [0.25, 0.3) is 5.91 Å². The zero-order valence-electron chi connectivity index (χ0n) is 16.0. The summed E-state index contributed by atoms with van der Waals surface area (Å²) in [6.45, 7) is -0.0902. The number of fused-ring (bicyclic) bond motifs is 3. The summed E-state index contributed by atoms with van der Waals surface area (Å²) in [6, 6.07) is 14.4. The van der Waals surface area contributed by atoms with Crippen LogP contribution in [0.3, 0.4) is 0 Å². The first kappa shape index (κ1) is 19.2. The third-order valence-electron chi connectivity index (χ3n) is 5.24. The molecule has 29 heavy (non-hydrogen) atoms. The summed E-state index contributed by atoms with van der Waals surface area (Å²) in [6.07, 6.45) is 2.95. The molecule has 0 aliphatic heterocycles. The molecular formula is C23H23NO5. The fourth-order valence-electron chi connectivity index (χ4n) is 3.72. The average Bonchev–Trinajstić information content (AvgIpc) is 2.76. The van der Waals surface area contributed by atoms with Crippen LogP contribution < -0.4 is 15.7 Å². The Morgan fingerprint density at radius 2 is 1.86 bits per heavy atom. The van der Waals surface area contributed by atoms with Crippen molar-refractivity contribution in [1.29, 1.82) is 0 Å². The van der Waals surface area contributed by atoms with Gasteiger partial charge in [-0.15, -0.1) is 0 Å². The van der Waals surface area contributed by atoms with Crippen molar-refractivity contribution in [3.05, 3.63) is 75.6 Å². The van der Waals surface area contributed by atoms with E-state index in [0.717, 1.165) is 47.8 Å². The van der Waals surface area contributed by atoms with Gasteiger partial charge in [-0.05, 0) is 48.9 Å². The number of rotatable bonds is 6. The van der Waals surface area contributed by atoms with Crippen molar-refractivity contribution < 1.29 is 19.1 Å². The van der Waals surface area contributed by atoms with E-state index in [4.69, 9.17) is 9.15 Å². The first-order valence-corrected chi connectivity index (χ1v) is 9.83. The zero-order valence-corrected chi connectivity index (χ0v) is 16.0. The molecule has 0 saturated heterocycles. The highest BCUT2D eigenvalue weighted by Gasteiger charge is 2.18. The standard InChI is InChI=1S/C23H23NO5/c25-20(15-6-2-1-3-7-15)13-24-22(26)14-28-16-10-11-18-17-8-4-5-9-19(17)23(27)29-21(18)12-16/h1-3,6-7,10-12,20,25H,4-5,8-9,13-14H2,(H,24,26)/t20-/m0/s1. The lowest BCUT2D eigenvalue weighted by atomic mass is 9.91. The molecule has 0 unspecified atom stereocenters. The Morgan fingerprint density at radius 3 is 2.66 bits per heavy atom. The van der Waals surface area contributed by atoms with Crippen LogP contribution in [0, 0.1) is 0 Å². The van der Waals surface area contributed by atoms with Crippen molar-refractivity contribution in [3.63, 3.8) is 0 Å². The van der Waals surface area contributed by atoms with Gasteiger partial charge in [0.2, 0.25) is 0 Å². The van der Waals surface area contributed by atoms with Crippen LogP contribution in [0.25, 0.3) is 11.0 Å². The van der Waals surface area contributed by atoms with E-state index in [2.05, 4.69) is 5.32 Å². The largest absolute Gasteiger partial charge is 0.484 e. The molecule has 1 aromatic heterocycles. The van der Waals surface area contributed by atoms with Gasteiger partial charge in [0.1, 0.15) is 11.3 Å². The number of hydrogen-bond donors (Lipinski definition) is 2. The quantitative estimate of drug-likeness (QED) is 0.629. The second kappa shape index (κ2) is 8.49. The Labute approximate surface area is 168 Å². The summed E-state index contributed by atoms with van der Waals surface area (Å²) in [5.74, 6) is 0.113. The number of benzene rings is 2. The Morgan fingerprint density at radius 1 is 1.10 bits per heavy atom. The summed E-state index contributed by atoms with van der Waals surface area (Å²) in [5.41, 5.74) is 2.79. The molecule has 1 atom stereocenters. The van der Waals surface area contributed by atoms with E-state index in [9.17, 15) is 14.7 Å². The topological polar surface area (TPSA) is 88.8 Å². The smallest absolute Gasteiger partial charge is 0.339 e. The van der Waals surface area contributed by atoms with E-state index in [1.54, 1.807) is 24.3 Å². The van der Waals surface area contributed by atoms with Crippen LogP contribution in [0.2, 0.25) is 0 Å². The van der Waals surface area contributed by atoms with Crippen LogP contribution in [-0.2, 0) is 17.6 Å². The molecule has 2 N–H and O–H groups in total. The SMILES string of the molecule is O=C(COc1ccc2c3c(c(=O)oc2c1)CCCC3)NC[C@H](O)c1ccccc1. The number of amides is 1. The second-order valence-corrected chi connectivity index (χ2v) is 7.23. The molecule has 1 heterocycles. The van der Waals surface area contributed by atoms with Gasteiger partial charge in [-0.2, -0.15) is 0 Å². The van der Waals surface area contributed by atoms with E-state index in [-0.39, 0.29) is 24.7 Å². The summed E-state index contributed by atoms with van der Waals surface area (Å²) in [7, 11) is 0. The van der Waals surface area contributed by atoms with Crippen LogP contribution in [0.4, 0.5) is 0 Å². The van der Waals surface area contributed by atoms with Gasteiger partial charge in [0.05, 0.1) is 6.10 Å². The number of ether oxygens (including phenoxy) is 1. The molecule has 0 bridgehead atoms. The van der Waals surface area contributed by atoms with Gasteiger partial charge < -0.3 is 19.6 Å². The van der Waals surface area contributed by atoms with Gasteiger partial charge in [0, 0.05) is 23.6 Å². The highest BCUT2D eigenvalue weighted by molar-refractivity contribution is 5.83. The highest BCUT2D eigenvalue weighted by Crippen LogP contribution is 2.29. The molecule has 2 aromatic carbocycles. The van der Waals surface area contributed by atoms with Crippen molar-refractivity contribution in [2.75, 3.05) is 13.2 Å². The van der Waals surface area contributed by atoms with Gasteiger partial charge >= 0.3 is 5.63 Å². The number of carbonyl (C=O) groups is 1. The zero-order chi connectivity index (χ0) is 20.2. The molecule has 150 valence electrons. The van der Waals surface area contributed by atoms with Gasteiger partial charge in [-0.25, -0.2) is 4.79 Å². The highest BCUT2D eigenvalue weighted by atomic mass is 16.5. The lowest BCUT2D eigenvalue weighted by molar-refractivity contribution is -0.123. The van der Waals surface area contributed by atoms with Crippen molar-refractivity contribution >= 4 is 16.9 Å². The van der Waals surface area contributed by atoms with Gasteiger partial charge in [-0.3, -0.25) is 4.79 Å². The number of hydrogen-bond acceptors (Lipinski definition) is 5. The number of carbonyl (C=O) groups excluding carboxylic acids is 1. The fraction of sp³-hybridized carbons (Fsp3) is 0.304. The van der Waals surface area contributed by atoms with Crippen LogP contribution in [0.15, 0.2) is 57.7 Å². The van der Waals surface area contributed by atoms with Crippen molar-refractivity contribution in [3.8, 4) is 5.75 Å². The molecule has 0 radical (unpaired) electrons. The Balaban J connectivity index is 1.38. The van der Waals surface area contributed by atoms with Crippen LogP contribution in [0.5, 0.6) is 5.75 Å². The number of aliphatic hydroxyl groups excluding tert-OH is 1. The number of aliphatic hydroxyl groups is 1. The Kier molecular flexibility index (Phi) is 5.62. The lowest BCUT2D eigenvalue weighted by Gasteiger charge is -2.16. The summed E-state index contributed by atoms with van der Waals surface area (Å²) >= 11 is 0. The van der Waals surface area contributed by atoms with Crippen molar-refractivity contribution in [2.24, 2.45) is 0 Å². The van der Waals surface area contributed by atoms with E-state index in [1.165, 1.54) is 0 Å². The first-order chi connectivity index (χ1) is 14.1. The van der Waals surface area contributed by atoms with Gasteiger partial charge in [-0.1, -0.05) is 30.3 Å². The fourth-order valence-corrected chi connectivity index (χ4v) is 3.72. The molecule has 0 saturated carbocycles. The summed E-state index contributed by atoms with van der Waals surface area (Å²) in [5, 5.41) is 13.7. The van der Waals surface area contributed by atoms with Crippen molar-refractivity contribution in [1.82, 2.24) is 5.32 Å².